The fourth-order valence-electron chi connectivity index (χ4n) is 0.261. The SMILES string of the molecule is CCCSSS.COOP(O)OOC. The van der Waals surface area contributed by atoms with Gasteiger partial charge in [0, 0.05) is 5.75 Å². The Kier molecular flexibility index (Phi) is 21.1. The molecule has 0 aliphatic carbocycles. The highest BCUT2D eigenvalue weighted by molar-refractivity contribution is 9.05. The van der Waals surface area contributed by atoms with Crippen molar-refractivity contribution in [3.8, 4) is 0 Å². The fraction of sp³-hybridized carbons (Fsp3) is 1.00. The molecule has 14 heavy (non-hydrogen) atoms. The van der Waals surface area contributed by atoms with Gasteiger partial charge in [0.25, 0.3) is 0 Å². The zero-order valence-corrected chi connectivity index (χ0v) is 11.6. The summed E-state index contributed by atoms with van der Waals surface area (Å²) in [5.74, 6) is 1.22. The average Bonchev–Trinajstić information content (AvgIpc) is 2.16. The summed E-state index contributed by atoms with van der Waals surface area (Å²) in [6.45, 7) is 2.16. The third-order valence-electron chi connectivity index (χ3n) is 0.617. The van der Waals surface area contributed by atoms with Gasteiger partial charge in [-0.1, -0.05) is 29.4 Å². The van der Waals surface area contributed by atoms with Gasteiger partial charge in [0.15, 0.2) is 0 Å². The lowest BCUT2D eigenvalue weighted by atomic mass is 10.6. The summed E-state index contributed by atoms with van der Waals surface area (Å²) in [6, 6.07) is 0. The number of hydrogen-bond donors (Lipinski definition) is 2. The molecule has 0 radical (unpaired) electrons. The number of hydrogen-bond acceptors (Lipinski definition) is 8. The second-order valence-corrected chi connectivity index (χ2v) is 5.68. The van der Waals surface area contributed by atoms with Gasteiger partial charge in [0.2, 0.25) is 0 Å². The van der Waals surface area contributed by atoms with Crippen LogP contribution in [0.5, 0.6) is 0 Å². The van der Waals surface area contributed by atoms with Crippen LogP contribution in [0.1, 0.15) is 13.3 Å². The molecule has 5 nitrogen and oxygen atoms in total. The Balaban J connectivity index is 0. The Labute approximate surface area is 98.3 Å². The van der Waals surface area contributed by atoms with Gasteiger partial charge in [-0.05, 0) is 16.2 Å². The molecule has 0 unspecified atom stereocenters. The van der Waals surface area contributed by atoms with Crippen molar-refractivity contribution in [2.24, 2.45) is 0 Å². The van der Waals surface area contributed by atoms with Crippen molar-refractivity contribution in [2.45, 2.75) is 13.3 Å². The monoisotopic (exact) mass is 282 g/mol. The minimum atomic E-state index is -2.03. The number of thiol groups is 1. The Morgan fingerprint density at radius 1 is 1.29 bits per heavy atom. The summed E-state index contributed by atoms with van der Waals surface area (Å²) in [7, 11) is 3.81. The maximum absolute atomic E-state index is 8.42. The Morgan fingerprint density at radius 3 is 2.00 bits per heavy atom. The molecule has 0 aromatic heterocycles. The Bertz CT molecular complexity index is 91.4. The molecule has 88 valence electrons. The lowest BCUT2D eigenvalue weighted by Gasteiger charge is -2.02. The molecule has 0 atom stereocenters. The number of rotatable bonds is 7. The maximum Gasteiger partial charge on any atom is 0.389 e. The first-order valence-corrected chi connectivity index (χ1v) is 8.06. The van der Waals surface area contributed by atoms with Crippen molar-refractivity contribution in [1.29, 1.82) is 0 Å². The molecule has 0 fully saturated rings. The normalized spacial score (nSPS) is 9.86. The van der Waals surface area contributed by atoms with Crippen molar-refractivity contribution in [1.82, 2.24) is 0 Å². The summed E-state index contributed by atoms with van der Waals surface area (Å²) in [6.07, 6.45) is 1.25. The summed E-state index contributed by atoms with van der Waals surface area (Å²) in [5, 5.41) is 0. The van der Waals surface area contributed by atoms with E-state index in [-0.39, 0.29) is 0 Å². The van der Waals surface area contributed by atoms with E-state index in [1.807, 2.05) is 0 Å². The molecule has 0 aromatic carbocycles. The van der Waals surface area contributed by atoms with E-state index in [2.05, 4.69) is 37.7 Å². The molecule has 0 heterocycles. The van der Waals surface area contributed by atoms with E-state index < -0.39 is 8.60 Å². The molecule has 0 saturated carbocycles. The summed E-state index contributed by atoms with van der Waals surface area (Å²) >= 11 is 3.93. The lowest BCUT2D eigenvalue weighted by molar-refractivity contribution is -0.242. The molecule has 0 aliphatic heterocycles. The first-order chi connectivity index (χ1) is 6.72. The van der Waals surface area contributed by atoms with Gasteiger partial charge in [0.05, 0.1) is 14.2 Å². The molecular formula is C5H15O5PS3. The van der Waals surface area contributed by atoms with E-state index in [0.29, 0.717) is 0 Å². The van der Waals surface area contributed by atoms with Gasteiger partial charge in [0.1, 0.15) is 0 Å². The standard InChI is InChI=1S/C3H8S3.C2H7O5P/c1-2-3-5-6-4;1-4-6-8(3)7-5-2/h4H,2-3H2,1H3;3H,1-2H3. The Hall–Kier alpha value is 1.28. The van der Waals surface area contributed by atoms with Crippen molar-refractivity contribution >= 4 is 40.9 Å². The lowest BCUT2D eigenvalue weighted by Crippen LogP contribution is -1.86. The molecule has 9 heteroatoms. The molecule has 1 N–H and O–H groups in total. The maximum atomic E-state index is 8.42. The fourth-order valence-corrected chi connectivity index (χ4v) is 2.18. The summed E-state index contributed by atoms with van der Waals surface area (Å²) < 4.78 is 8.11. The predicted octanol–water partition coefficient (Wildman–Crippen LogP) is 2.98. The molecule has 0 spiro atoms. The molecule has 0 saturated heterocycles. The van der Waals surface area contributed by atoms with Gasteiger partial charge in [-0.2, -0.15) is 9.35 Å². The molecule has 0 bridgehead atoms. The third kappa shape index (κ3) is 18.9. The van der Waals surface area contributed by atoms with E-state index in [0.717, 1.165) is 0 Å². The van der Waals surface area contributed by atoms with Crippen LogP contribution in [0, 0.1) is 0 Å². The van der Waals surface area contributed by atoms with E-state index in [4.69, 9.17) is 4.89 Å². The Morgan fingerprint density at radius 2 is 1.79 bits per heavy atom. The van der Waals surface area contributed by atoms with E-state index in [1.54, 1.807) is 10.8 Å². The van der Waals surface area contributed by atoms with Crippen molar-refractivity contribution < 1.29 is 24.0 Å². The van der Waals surface area contributed by atoms with Crippen LogP contribution in [0.2, 0.25) is 0 Å². The molecule has 0 amide bonds. The van der Waals surface area contributed by atoms with Crippen LogP contribution in [0.4, 0.5) is 0 Å². The first kappa shape index (κ1) is 17.7. The van der Waals surface area contributed by atoms with Gasteiger partial charge >= 0.3 is 8.60 Å². The highest BCUT2D eigenvalue weighted by Crippen LogP contribution is 2.31. The van der Waals surface area contributed by atoms with Crippen LogP contribution in [0.15, 0.2) is 0 Å². The van der Waals surface area contributed by atoms with Crippen LogP contribution >= 0.6 is 40.9 Å². The van der Waals surface area contributed by atoms with E-state index >= 15 is 0 Å². The zero-order valence-electron chi connectivity index (χ0n) is 8.21. The smallest absolute Gasteiger partial charge is 0.325 e. The quantitative estimate of drug-likeness (QED) is 0.186. The average molecular weight is 282 g/mol. The van der Waals surface area contributed by atoms with Crippen LogP contribution in [-0.4, -0.2) is 24.9 Å². The summed E-state index contributed by atoms with van der Waals surface area (Å²) in [4.78, 5) is 16.5. The minimum absolute atomic E-state index is 1.22. The largest absolute Gasteiger partial charge is 0.389 e. The van der Waals surface area contributed by atoms with Crippen LogP contribution < -0.4 is 0 Å². The van der Waals surface area contributed by atoms with E-state index in [9.17, 15) is 0 Å². The highest BCUT2D eigenvalue weighted by atomic mass is 33.5. The van der Waals surface area contributed by atoms with Crippen molar-refractivity contribution in [2.75, 3.05) is 20.0 Å². The van der Waals surface area contributed by atoms with E-state index in [1.165, 1.54) is 36.2 Å². The topological polar surface area (TPSA) is 57.2 Å². The second kappa shape index (κ2) is 16.7. The highest BCUT2D eigenvalue weighted by Gasteiger charge is 2.04. The molecular weight excluding hydrogens is 267 g/mol. The van der Waals surface area contributed by atoms with Gasteiger partial charge in [-0.3, -0.25) is 0 Å². The van der Waals surface area contributed by atoms with Crippen molar-refractivity contribution in [3.63, 3.8) is 0 Å². The van der Waals surface area contributed by atoms with Gasteiger partial charge in [-0.25, -0.2) is 9.78 Å². The third-order valence-corrected chi connectivity index (χ3v) is 3.62. The first-order valence-electron chi connectivity index (χ1n) is 3.56. The van der Waals surface area contributed by atoms with Crippen LogP contribution in [-0.2, 0) is 19.1 Å². The zero-order chi connectivity index (χ0) is 11.2. The second-order valence-electron chi connectivity index (χ2n) is 1.62. The van der Waals surface area contributed by atoms with Gasteiger partial charge in [-0.15, -0.1) is 0 Å². The molecule has 0 aromatic rings. The van der Waals surface area contributed by atoms with Crippen LogP contribution in [0.3, 0.4) is 0 Å². The minimum Gasteiger partial charge on any atom is -0.325 e. The van der Waals surface area contributed by atoms with Gasteiger partial charge < -0.3 is 4.89 Å². The summed E-state index contributed by atoms with van der Waals surface area (Å²) in [5.41, 5.74) is 0. The van der Waals surface area contributed by atoms with Crippen molar-refractivity contribution in [3.05, 3.63) is 0 Å². The predicted molar refractivity (Wildman–Crippen MR) is 64.7 cm³/mol. The van der Waals surface area contributed by atoms with Crippen LogP contribution in [0.25, 0.3) is 0 Å². The molecule has 0 aliphatic rings. The molecule has 0 rings (SSSR count).